The van der Waals surface area contributed by atoms with Crippen molar-refractivity contribution in [1.29, 1.82) is 0 Å². The zero-order valence-corrected chi connectivity index (χ0v) is 11.8. The molecule has 5 nitrogen and oxygen atoms in total. The van der Waals surface area contributed by atoms with Gasteiger partial charge in [-0.05, 0) is 32.4 Å². The van der Waals surface area contributed by atoms with E-state index in [0.29, 0.717) is 6.61 Å². The van der Waals surface area contributed by atoms with Gasteiger partial charge in [-0.25, -0.2) is 9.97 Å². The van der Waals surface area contributed by atoms with Crippen LogP contribution in [0.1, 0.15) is 37.1 Å². The number of ether oxygens (including phenoxy) is 1. The van der Waals surface area contributed by atoms with Gasteiger partial charge >= 0.3 is 0 Å². The van der Waals surface area contributed by atoms with E-state index in [1.54, 1.807) is 4.68 Å². The van der Waals surface area contributed by atoms with Crippen LogP contribution in [0.15, 0.2) is 18.2 Å². The number of rotatable bonds is 6. The Morgan fingerprint density at radius 3 is 2.79 bits per heavy atom. The largest absolute Gasteiger partial charge is 0.373 e. The van der Waals surface area contributed by atoms with Crippen LogP contribution in [0, 0.1) is 13.8 Å². The Kier molecular flexibility index (Phi) is 4.63. The molecule has 5 heteroatoms. The van der Waals surface area contributed by atoms with Gasteiger partial charge < -0.3 is 4.74 Å². The summed E-state index contributed by atoms with van der Waals surface area (Å²) in [7, 11) is 0. The summed E-state index contributed by atoms with van der Waals surface area (Å²) >= 11 is 0. The molecule has 0 fully saturated rings. The van der Waals surface area contributed by atoms with Gasteiger partial charge in [-0.1, -0.05) is 19.4 Å². The molecule has 19 heavy (non-hydrogen) atoms. The first-order chi connectivity index (χ1) is 9.20. The number of aryl methyl sites for hydroxylation is 2. The second-order valence-corrected chi connectivity index (χ2v) is 4.53. The van der Waals surface area contributed by atoms with Gasteiger partial charge in [0.25, 0.3) is 0 Å². The predicted octanol–water partition coefficient (Wildman–Crippen LogP) is 2.60. The average molecular weight is 260 g/mol. The van der Waals surface area contributed by atoms with E-state index in [0.717, 1.165) is 42.6 Å². The highest BCUT2D eigenvalue weighted by atomic mass is 16.5. The van der Waals surface area contributed by atoms with Crippen LogP contribution in [0.4, 0.5) is 0 Å². The molecule has 2 rings (SSSR count). The number of pyridine rings is 1. The van der Waals surface area contributed by atoms with Gasteiger partial charge in [0.05, 0.1) is 0 Å². The molecule has 0 N–H and O–H groups in total. The second-order valence-electron chi connectivity index (χ2n) is 4.53. The molecule has 2 heterocycles. The molecule has 0 amide bonds. The van der Waals surface area contributed by atoms with Gasteiger partial charge in [-0.2, -0.15) is 4.68 Å². The molecule has 0 unspecified atom stereocenters. The van der Waals surface area contributed by atoms with Gasteiger partial charge in [-0.15, -0.1) is 5.10 Å². The third-order valence-electron chi connectivity index (χ3n) is 2.74. The highest BCUT2D eigenvalue weighted by Crippen LogP contribution is 2.09. The van der Waals surface area contributed by atoms with E-state index in [9.17, 15) is 0 Å². The Balaban J connectivity index is 2.16. The van der Waals surface area contributed by atoms with Crippen molar-refractivity contribution >= 4 is 0 Å². The van der Waals surface area contributed by atoms with Gasteiger partial charge in [-0.3, -0.25) is 0 Å². The molecule has 0 aliphatic rings. The zero-order valence-electron chi connectivity index (χ0n) is 11.8. The van der Waals surface area contributed by atoms with Crippen molar-refractivity contribution in [2.75, 3.05) is 6.61 Å². The quantitative estimate of drug-likeness (QED) is 0.749. The summed E-state index contributed by atoms with van der Waals surface area (Å²) in [4.78, 5) is 8.87. The summed E-state index contributed by atoms with van der Waals surface area (Å²) in [6, 6.07) is 5.86. The van der Waals surface area contributed by atoms with Gasteiger partial charge in [0.2, 0.25) is 0 Å². The summed E-state index contributed by atoms with van der Waals surface area (Å²) in [6.07, 6.45) is 2.20. The van der Waals surface area contributed by atoms with Gasteiger partial charge in [0, 0.05) is 12.3 Å². The molecule has 102 valence electrons. The van der Waals surface area contributed by atoms with Gasteiger partial charge in [0.1, 0.15) is 12.4 Å². The number of aromatic nitrogens is 4. The SMILES string of the molecule is CCCCOCc1nc(C)nn1-c1cccc(C)n1. The van der Waals surface area contributed by atoms with Crippen molar-refractivity contribution in [2.45, 2.75) is 40.2 Å². The van der Waals surface area contributed by atoms with Crippen molar-refractivity contribution in [1.82, 2.24) is 19.7 Å². The maximum absolute atomic E-state index is 5.61. The monoisotopic (exact) mass is 260 g/mol. The van der Waals surface area contributed by atoms with E-state index in [1.807, 2.05) is 32.0 Å². The molecule has 0 spiro atoms. The molecular formula is C14H20N4O. The topological polar surface area (TPSA) is 52.8 Å². The fourth-order valence-corrected chi connectivity index (χ4v) is 1.79. The van der Waals surface area contributed by atoms with E-state index in [2.05, 4.69) is 22.0 Å². The molecule has 0 saturated heterocycles. The lowest BCUT2D eigenvalue weighted by Gasteiger charge is -2.06. The lowest BCUT2D eigenvalue weighted by molar-refractivity contribution is 0.111. The predicted molar refractivity (Wildman–Crippen MR) is 73.2 cm³/mol. The van der Waals surface area contributed by atoms with Crippen LogP contribution in [0.3, 0.4) is 0 Å². The third kappa shape index (κ3) is 3.61. The molecule has 2 aromatic heterocycles. The molecular weight excluding hydrogens is 240 g/mol. The second kappa shape index (κ2) is 6.43. The summed E-state index contributed by atoms with van der Waals surface area (Å²) in [5, 5.41) is 4.38. The zero-order chi connectivity index (χ0) is 13.7. The number of nitrogens with zero attached hydrogens (tertiary/aromatic N) is 4. The Labute approximate surface area is 113 Å². The molecule has 2 aromatic rings. The Morgan fingerprint density at radius 1 is 1.21 bits per heavy atom. The standard InChI is InChI=1S/C14H20N4O/c1-4-5-9-19-10-14-16-12(3)17-18(14)13-8-6-7-11(2)15-13/h6-8H,4-5,9-10H2,1-3H3. The summed E-state index contributed by atoms with van der Waals surface area (Å²) in [5.41, 5.74) is 0.962. The molecule has 0 aliphatic heterocycles. The average Bonchev–Trinajstić information content (AvgIpc) is 2.76. The van der Waals surface area contributed by atoms with Crippen molar-refractivity contribution in [3.63, 3.8) is 0 Å². The number of hydrogen-bond donors (Lipinski definition) is 0. The van der Waals surface area contributed by atoms with E-state index < -0.39 is 0 Å². The summed E-state index contributed by atoms with van der Waals surface area (Å²) < 4.78 is 7.37. The normalized spacial score (nSPS) is 10.9. The van der Waals surface area contributed by atoms with Crippen molar-refractivity contribution in [3.8, 4) is 5.82 Å². The molecule has 0 aromatic carbocycles. The fourth-order valence-electron chi connectivity index (χ4n) is 1.79. The van der Waals surface area contributed by atoms with Crippen LogP contribution in [0.5, 0.6) is 0 Å². The van der Waals surface area contributed by atoms with E-state index in [1.165, 1.54) is 0 Å². The van der Waals surface area contributed by atoms with Crippen LogP contribution >= 0.6 is 0 Å². The maximum Gasteiger partial charge on any atom is 0.160 e. The van der Waals surface area contributed by atoms with Crippen LogP contribution in [-0.4, -0.2) is 26.4 Å². The number of unbranched alkanes of at least 4 members (excludes halogenated alkanes) is 1. The molecule has 0 bridgehead atoms. The smallest absolute Gasteiger partial charge is 0.160 e. The first kappa shape index (κ1) is 13.7. The molecule has 0 aliphatic carbocycles. The minimum atomic E-state index is 0.469. The van der Waals surface area contributed by atoms with Crippen molar-refractivity contribution in [3.05, 3.63) is 35.5 Å². The van der Waals surface area contributed by atoms with Gasteiger partial charge in [0.15, 0.2) is 11.6 Å². The van der Waals surface area contributed by atoms with Crippen LogP contribution in [-0.2, 0) is 11.3 Å². The van der Waals surface area contributed by atoms with Crippen LogP contribution < -0.4 is 0 Å². The van der Waals surface area contributed by atoms with E-state index in [4.69, 9.17) is 4.74 Å². The van der Waals surface area contributed by atoms with Crippen LogP contribution in [0.2, 0.25) is 0 Å². The lowest BCUT2D eigenvalue weighted by atomic mass is 10.3. The molecule has 0 radical (unpaired) electrons. The summed E-state index contributed by atoms with van der Waals surface area (Å²) in [5.74, 6) is 2.32. The number of hydrogen-bond acceptors (Lipinski definition) is 4. The van der Waals surface area contributed by atoms with Crippen molar-refractivity contribution < 1.29 is 4.74 Å². The van der Waals surface area contributed by atoms with E-state index >= 15 is 0 Å². The first-order valence-corrected chi connectivity index (χ1v) is 6.65. The summed E-state index contributed by atoms with van der Waals surface area (Å²) in [6.45, 7) is 7.21. The van der Waals surface area contributed by atoms with E-state index in [-0.39, 0.29) is 0 Å². The third-order valence-corrected chi connectivity index (χ3v) is 2.74. The molecule has 0 atom stereocenters. The van der Waals surface area contributed by atoms with Crippen molar-refractivity contribution in [2.24, 2.45) is 0 Å². The Morgan fingerprint density at radius 2 is 2.05 bits per heavy atom. The fraction of sp³-hybridized carbons (Fsp3) is 0.500. The highest BCUT2D eigenvalue weighted by Gasteiger charge is 2.10. The molecule has 0 saturated carbocycles. The van der Waals surface area contributed by atoms with Crippen LogP contribution in [0.25, 0.3) is 5.82 Å². The highest BCUT2D eigenvalue weighted by molar-refractivity contribution is 5.24. The Bertz CT molecular complexity index is 536. The first-order valence-electron chi connectivity index (χ1n) is 6.65. The minimum Gasteiger partial charge on any atom is -0.373 e. The Hall–Kier alpha value is -1.75. The maximum atomic E-state index is 5.61. The minimum absolute atomic E-state index is 0.469. The lowest BCUT2D eigenvalue weighted by Crippen LogP contribution is -2.07.